The van der Waals surface area contributed by atoms with Gasteiger partial charge in [0.25, 0.3) is 5.91 Å². The van der Waals surface area contributed by atoms with Crippen LogP contribution in [0.5, 0.6) is 0 Å². The highest BCUT2D eigenvalue weighted by atomic mass is 31.2. The summed E-state index contributed by atoms with van der Waals surface area (Å²) < 4.78 is 12.2. The average molecular weight is 292 g/mol. The molecule has 0 fully saturated rings. The maximum atomic E-state index is 12.2. The van der Waals surface area contributed by atoms with E-state index >= 15 is 0 Å². The van der Waals surface area contributed by atoms with Gasteiger partial charge in [0.2, 0.25) is 0 Å². The number of rotatable bonds is 5. The molecular formula is C15H21N2O2P. The molecule has 0 aliphatic rings. The minimum atomic E-state index is -2.41. The highest BCUT2D eigenvalue weighted by Crippen LogP contribution is 2.35. The fourth-order valence-corrected chi connectivity index (χ4v) is 2.57. The van der Waals surface area contributed by atoms with Crippen LogP contribution in [-0.2, 0) is 4.57 Å². The van der Waals surface area contributed by atoms with Gasteiger partial charge in [-0.15, -0.1) is 6.42 Å². The molecule has 5 heteroatoms. The molecule has 0 radical (unpaired) electrons. The van der Waals surface area contributed by atoms with Gasteiger partial charge in [-0.1, -0.05) is 5.92 Å². The Hall–Kier alpha value is -1.72. The van der Waals surface area contributed by atoms with E-state index in [0.717, 1.165) is 0 Å². The molecule has 0 saturated heterocycles. The summed E-state index contributed by atoms with van der Waals surface area (Å²) in [6.07, 6.45) is 5.22. The first-order valence-corrected chi connectivity index (χ1v) is 9.03. The average Bonchev–Trinajstić information content (AvgIpc) is 2.34. The zero-order valence-corrected chi connectivity index (χ0v) is 13.3. The van der Waals surface area contributed by atoms with Crippen LogP contribution in [0.4, 0.5) is 5.69 Å². The van der Waals surface area contributed by atoms with Crippen molar-refractivity contribution in [1.29, 1.82) is 0 Å². The monoisotopic (exact) mass is 292 g/mol. The maximum Gasteiger partial charge on any atom is 0.253 e. The van der Waals surface area contributed by atoms with Crippen LogP contribution in [-0.4, -0.2) is 31.8 Å². The molecule has 0 aliphatic heterocycles. The van der Waals surface area contributed by atoms with Gasteiger partial charge in [0.1, 0.15) is 7.14 Å². The summed E-state index contributed by atoms with van der Waals surface area (Å²) in [6, 6.07) is 5.23. The summed E-state index contributed by atoms with van der Waals surface area (Å²) in [5.41, 5.74) is 1.12. The van der Waals surface area contributed by atoms with Crippen molar-refractivity contribution in [3.63, 3.8) is 0 Å². The second-order valence-corrected chi connectivity index (χ2v) is 8.48. The third kappa shape index (κ3) is 4.43. The third-order valence-corrected chi connectivity index (χ3v) is 4.19. The first-order valence-electron chi connectivity index (χ1n) is 6.43. The fraction of sp³-hybridized carbons (Fsp3) is 0.400. The number of carbonyl (C=O) groups excluding carboxylic acids is 1. The first kappa shape index (κ1) is 16.3. The van der Waals surface area contributed by atoms with Crippen molar-refractivity contribution in [2.75, 3.05) is 25.2 Å². The van der Waals surface area contributed by atoms with Crippen molar-refractivity contribution in [1.82, 2.24) is 5.32 Å². The van der Waals surface area contributed by atoms with Crippen LogP contribution in [0.1, 0.15) is 24.2 Å². The Kier molecular flexibility index (Phi) is 5.42. The van der Waals surface area contributed by atoms with Crippen molar-refractivity contribution in [3.8, 4) is 12.3 Å². The van der Waals surface area contributed by atoms with Crippen LogP contribution in [0.15, 0.2) is 18.2 Å². The van der Waals surface area contributed by atoms with Crippen LogP contribution < -0.4 is 15.9 Å². The van der Waals surface area contributed by atoms with Gasteiger partial charge >= 0.3 is 0 Å². The van der Waals surface area contributed by atoms with Gasteiger partial charge in [0, 0.05) is 17.0 Å². The van der Waals surface area contributed by atoms with Crippen molar-refractivity contribution < 1.29 is 9.36 Å². The molecule has 0 atom stereocenters. The summed E-state index contributed by atoms with van der Waals surface area (Å²) >= 11 is 0. The number of terminal acetylenes is 1. The van der Waals surface area contributed by atoms with E-state index in [1.165, 1.54) is 0 Å². The summed E-state index contributed by atoms with van der Waals surface area (Å²) in [6.45, 7) is 7.47. The topological polar surface area (TPSA) is 58.2 Å². The third-order valence-electron chi connectivity index (χ3n) is 2.67. The molecule has 0 spiro atoms. The summed E-state index contributed by atoms with van der Waals surface area (Å²) in [5.74, 6) is 2.27. The summed E-state index contributed by atoms with van der Waals surface area (Å²) in [5, 5.41) is 6.52. The van der Waals surface area contributed by atoms with Crippen molar-refractivity contribution in [2.24, 2.45) is 0 Å². The zero-order chi connectivity index (χ0) is 15.3. The van der Waals surface area contributed by atoms with E-state index in [1.807, 2.05) is 13.8 Å². The van der Waals surface area contributed by atoms with Gasteiger partial charge < -0.3 is 15.2 Å². The first-order chi connectivity index (χ1) is 9.25. The number of hydrogen-bond donors (Lipinski definition) is 2. The van der Waals surface area contributed by atoms with Gasteiger partial charge in [-0.25, -0.2) is 0 Å². The van der Waals surface area contributed by atoms with Gasteiger partial charge in [-0.05, 0) is 45.4 Å². The van der Waals surface area contributed by atoms with Crippen LogP contribution in [0, 0.1) is 12.3 Å². The molecule has 2 N–H and O–H groups in total. The second-order valence-electron chi connectivity index (χ2n) is 5.27. The van der Waals surface area contributed by atoms with Gasteiger partial charge in [-0.3, -0.25) is 4.79 Å². The molecule has 0 aromatic heterocycles. The lowest BCUT2D eigenvalue weighted by molar-refractivity contribution is 0.0944. The molecule has 1 aromatic carbocycles. The van der Waals surface area contributed by atoms with Gasteiger partial charge in [0.15, 0.2) is 0 Å². The number of amides is 1. The molecule has 1 aromatic rings. The molecular weight excluding hydrogens is 271 g/mol. The molecule has 0 unspecified atom stereocenters. The molecule has 0 heterocycles. The van der Waals surface area contributed by atoms with E-state index in [-0.39, 0.29) is 11.9 Å². The van der Waals surface area contributed by atoms with E-state index < -0.39 is 7.14 Å². The highest BCUT2D eigenvalue weighted by molar-refractivity contribution is 7.70. The van der Waals surface area contributed by atoms with Crippen molar-refractivity contribution >= 4 is 24.0 Å². The smallest absolute Gasteiger partial charge is 0.253 e. The second kappa shape index (κ2) is 6.63. The quantitative estimate of drug-likeness (QED) is 0.645. The van der Waals surface area contributed by atoms with E-state index in [4.69, 9.17) is 6.42 Å². The Morgan fingerprint density at radius 3 is 2.55 bits per heavy atom. The normalized spacial score (nSPS) is 11.0. The van der Waals surface area contributed by atoms with Crippen molar-refractivity contribution in [2.45, 2.75) is 19.9 Å². The predicted molar refractivity (Wildman–Crippen MR) is 85.5 cm³/mol. The number of carbonyl (C=O) groups is 1. The molecule has 20 heavy (non-hydrogen) atoms. The Labute approximate surface area is 120 Å². The molecule has 4 nitrogen and oxygen atoms in total. The Bertz CT molecular complexity index is 582. The summed E-state index contributed by atoms with van der Waals surface area (Å²) in [4.78, 5) is 12.2. The van der Waals surface area contributed by atoms with Gasteiger partial charge in [-0.2, -0.15) is 0 Å². The molecule has 0 bridgehead atoms. The van der Waals surface area contributed by atoms with Crippen molar-refractivity contribution in [3.05, 3.63) is 23.8 Å². The Balaban J connectivity index is 3.23. The maximum absolute atomic E-state index is 12.2. The SMILES string of the molecule is C#CCNc1ccc(P(C)(C)=O)cc1C(=O)NC(C)C. The molecule has 0 aliphatic carbocycles. The van der Waals surface area contributed by atoms with Crippen LogP contribution >= 0.6 is 7.14 Å². The minimum Gasteiger partial charge on any atom is -0.373 e. The number of anilines is 1. The lowest BCUT2D eigenvalue weighted by atomic mass is 10.1. The van der Waals surface area contributed by atoms with E-state index in [2.05, 4.69) is 16.6 Å². The molecule has 108 valence electrons. The molecule has 1 rings (SSSR count). The zero-order valence-electron chi connectivity index (χ0n) is 12.4. The van der Waals surface area contributed by atoms with Crippen LogP contribution in [0.3, 0.4) is 0 Å². The standard InChI is InChI=1S/C15H21N2O2P/c1-6-9-16-14-8-7-12(20(4,5)19)10-13(14)15(18)17-11(2)3/h1,7-8,10-11,16H,9H2,2-5H3,(H,17,18). The number of nitrogens with one attached hydrogen (secondary N) is 2. The summed E-state index contributed by atoms with van der Waals surface area (Å²) in [7, 11) is -2.41. The largest absolute Gasteiger partial charge is 0.373 e. The highest BCUT2D eigenvalue weighted by Gasteiger charge is 2.17. The van der Waals surface area contributed by atoms with Crippen LogP contribution in [0.2, 0.25) is 0 Å². The Morgan fingerprint density at radius 1 is 1.40 bits per heavy atom. The predicted octanol–water partition coefficient (Wildman–Crippen LogP) is 2.12. The lowest BCUT2D eigenvalue weighted by Gasteiger charge is -2.15. The fourth-order valence-electron chi connectivity index (χ4n) is 1.70. The number of hydrogen-bond acceptors (Lipinski definition) is 3. The minimum absolute atomic E-state index is 0.0293. The lowest BCUT2D eigenvalue weighted by Crippen LogP contribution is -2.31. The Morgan fingerprint density at radius 2 is 2.05 bits per heavy atom. The van der Waals surface area contributed by atoms with E-state index in [9.17, 15) is 9.36 Å². The van der Waals surface area contributed by atoms with Crippen LogP contribution in [0.25, 0.3) is 0 Å². The van der Waals surface area contributed by atoms with E-state index in [0.29, 0.717) is 23.1 Å². The molecule has 1 amide bonds. The van der Waals surface area contributed by atoms with Gasteiger partial charge in [0.05, 0.1) is 12.1 Å². The molecule has 0 saturated carbocycles. The number of benzene rings is 1. The van der Waals surface area contributed by atoms with E-state index in [1.54, 1.807) is 31.5 Å².